The van der Waals surface area contributed by atoms with Crippen molar-refractivity contribution in [3.63, 3.8) is 0 Å². The van der Waals surface area contributed by atoms with Gasteiger partial charge in [-0.25, -0.2) is 9.59 Å². The molecule has 0 amide bonds. The summed E-state index contributed by atoms with van der Waals surface area (Å²) in [5, 5.41) is 11.9. The van der Waals surface area contributed by atoms with E-state index in [9.17, 15) is 23.6 Å². The van der Waals surface area contributed by atoms with Gasteiger partial charge >= 0.3 is 18.6 Å². The fourth-order valence-corrected chi connectivity index (χ4v) is 4.79. The van der Waals surface area contributed by atoms with Crippen LogP contribution in [0.4, 0.5) is 8.78 Å². The Labute approximate surface area is 280 Å². The van der Waals surface area contributed by atoms with Gasteiger partial charge in [-0.05, 0) is 60.6 Å². The number of nitrogens with two attached hydrogens (primary N) is 1. The Balaban J connectivity index is 0.00000576. The van der Waals surface area contributed by atoms with E-state index in [-0.39, 0.29) is 63.4 Å². The van der Waals surface area contributed by atoms with E-state index in [1.54, 1.807) is 13.8 Å². The highest BCUT2D eigenvalue weighted by Gasteiger charge is 2.28. The Bertz CT molecular complexity index is 1520. The molecule has 0 saturated heterocycles. The molecular formula is C31H33Cl3F2N2O8. The minimum atomic E-state index is -3.10. The molecule has 0 radical (unpaired) electrons. The summed E-state index contributed by atoms with van der Waals surface area (Å²) in [6.07, 6.45) is 2.88. The number of aromatic nitrogens is 1. The number of alkyl halides is 2. The van der Waals surface area contributed by atoms with Crippen LogP contribution in [0.15, 0.2) is 48.8 Å². The lowest BCUT2D eigenvalue weighted by molar-refractivity contribution is -0.605. The smallest absolute Gasteiger partial charge is 0.387 e. The first-order chi connectivity index (χ1) is 21.4. The van der Waals surface area contributed by atoms with E-state index in [1.165, 1.54) is 43.5 Å². The van der Waals surface area contributed by atoms with Crippen molar-refractivity contribution >= 4 is 47.5 Å². The second kappa shape index (κ2) is 16.3. The number of carbonyl (C=O) groups is 2. The van der Waals surface area contributed by atoms with Gasteiger partial charge in [-0.15, -0.1) is 12.4 Å². The first-order valence-corrected chi connectivity index (χ1v) is 14.8. The van der Waals surface area contributed by atoms with Gasteiger partial charge in [0.2, 0.25) is 0 Å². The molecule has 15 heteroatoms. The molecule has 250 valence electrons. The van der Waals surface area contributed by atoms with E-state index >= 15 is 0 Å². The van der Waals surface area contributed by atoms with Crippen LogP contribution in [0.2, 0.25) is 10.0 Å². The summed E-state index contributed by atoms with van der Waals surface area (Å²) in [7, 11) is 1.37. The van der Waals surface area contributed by atoms with Gasteiger partial charge in [0.05, 0.1) is 19.3 Å². The van der Waals surface area contributed by atoms with Crippen molar-refractivity contribution in [1.82, 2.24) is 0 Å². The molecule has 3 aromatic rings. The van der Waals surface area contributed by atoms with Crippen LogP contribution in [0.1, 0.15) is 54.3 Å². The van der Waals surface area contributed by atoms with E-state index < -0.39 is 30.7 Å². The van der Waals surface area contributed by atoms with Crippen molar-refractivity contribution in [2.24, 2.45) is 17.6 Å². The Kier molecular flexibility index (Phi) is 13.1. The number of carbonyl (C=O) groups excluding carboxylic acids is 2. The monoisotopic (exact) mass is 704 g/mol. The van der Waals surface area contributed by atoms with E-state index in [1.807, 2.05) is 0 Å². The maximum absolute atomic E-state index is 13.5. The van der Waals surface area contributed by atoms with Gasteiger partial charge < -0.3 is 34.6 Å². The molecule has 1 saturated carbocycles. The summed E-state index contributed by atoms with van der Waals surface area (Å²) < 4.78 is 53.8. The lowest BCUT2D eigenvalue weighted by Crippen LogP contribution is -2.38. The maximum Gasteiger partial charge on any atom is 0.387 e. The Morgan fingerprint density at radius 3 is 2.26 bits per heavy atom. The zero-order chi connectivity index (χ0) is 32.8. The fraction of sp³-hybridized carbons (Fsp3) is 0.387. The van der Waals surface area contributed by atoms with Crippen molar-refractivity contribution in [1.29, 1.82) is 0 Å². The number of benzene rings is 2. The van der Waals surface area contributed by atoms with Gasteiger partial charge in [0.15, 0.2) is 35.4 Å². The largest absolute Gasteiger partial charge is 0.619 e. The lowest BCUT2D eigenvalue weighted by atomic mass is 10.0. The minimum Gasteiger partial charge on any atom is -0.619 e. The predicted molar refractivity (Wildman–Crippen MR) is 167 cm³/mol. The number of methoxy groups -OCH3 is 1. The Morgan fingerprint density at radius 1 is 1.02 bits per heavy atom. The van der Waals surface area contributed by atoms with Gasteiger partial charge in [0.1, 0.15) is 22.2 Å². The molecule has 2 N–H and O–H groups in total. The number of rotatable bonds is 14. The van der Waals surface area contributed by atoms with Gasteiger partial charge in [0, 0.05) is 12.0 Å². The van der Waals surface area contributed by atoms with E-state index in [4.69, 9.17) is 47.9 Å². The number of esters is 2. The molecule has 1 fully saturated rings. The SMILES string of the molecule is COc1ccc(C(=O)O[C@@H](Cc2c(Cl)c[n+]([O-])cc2Cl)c2ccc(OC(F)F)c(OCC3CC3)c2)cc1OC(=O)[C@@H](N)C(C)C.Cl. The summed E-state index contributed by atoms with van der Waals surface area (Å²) in [4.78, 5) is 26.1. The Morgan fingerprint density at radius 2 is 1.67 bits per heavy atom. The van der Waals surface area contributed by atoms with E-state index in [0.29, 0.717) is 28.4 Å². The predicted octanol–water partition coefficient (Wildman–Crippen LogP) is 6.48. The van der Waals surface area contributed by atoms with E-state index in [0.717, 1.165) is 25.2 Å². The molecule has 2 aromatic carbocycles. The highest BCUT2D eigenvalue weighted by Crippen LogP contribution is 2.38. The van der Waals surface area contributed by atoms with Crippen molar-refractivity contribution in [3.05, 3.63) is 80.7 Å². The average Bonchev–Trinajstić information content (AvgIpc) is 3.81. The zero-order valence-electron chi connectivity index (χ0n) is 25.0. The second-order valence-electron chi connectivity index (χ2n) is 10.8. The van der Waals surface area contributed by atoms with Gasteiger partial charge in [-0.3, -0.25) is 0 Å². The highest BCUT2D eigenvalue weighted by atomic mass is 35.5. The Hall–Kier alpha value is -3.58. The number of hydrogen-bond donors (Lipinski definition) is 1. The summed E-state index contributed by atoms with van der Waals surface area (Å²) >= 11 is 12.7. The molecule has 0 bridgehead atoms. The molecule has 1 aromatic heterocycles. The van der Waals surface area contributed by atoms with Crippen LogP contribution in [-0.4, -0.2) is 38.3 Å². The second-order valence-corrected chi connectivity index (χ2v) is 11.6. The molecular weight excluding hydrogens is 673 g/mol. The first-order valence-electron chi connectivity index (χ1n) is 14.0. The number of hydrogen-bond acceptors (Lipinski definition) is 9. The summed E-state index contributed by atoms with van der Waals surface area (Å²) in [6, 6.07) is 7.34. The van der Waals surface area contributed by atoms with Gasteiger partial charge in [-0.1, -0.05) is 43.1 Å². The standard InChI is InChI=1S/C31H32Cl2F2N2O8.ClH/c1-16(2)28(36)30(39)44-27-11-19(7-8-23(27)41-3)29(38)43-25(12-20-21(32)13-37(40)14-22(20)33)18-6-9-24(45-31(34)35)26(10-18)42-15-17-4-5-17;/h6-11,13-14,16-17,25,28,31H,4-5,12,15,36H2,1-3H3;1H/t25-,28-;/m0./s1. The van der Waals surface area contributed by atoms with Crippen LogP contribution >= 0.6 is 35.6 Å². The molecule has 46 heavy (non-hydrogen) atoms. The molecule has 1 aliphatic rings. The molecule has 0 unspecified atom stereocenters. The number of ether oxygens (including phenoxy) is 5. The van der Waals surface area contributed by atoms with Crippen LogP contribution in [0.25, 0.3) is 0 Å². The van der Waals surface area contributed by atoms with E-state index in [2.05, 4.69) is 4.74 Å². The number of halogens is 5. The van der Waals surface area contributed by atoms with Crippen LogP contribution in [0, 0.1) is 17.0 Å². The van der Waals surface area contributed by atoms with Crippen molar-refractivity contribution < 1.29 is 46.8 Å². The first kappa shape index (κ1) is 36.9. The number of nitrogens with zero attached hydrogens (tertiary/aromatic N) is 1. The highest BCUT2D eigenvalue weighted by molar-refractivity contribution is 6.35. The third-order valence-electron chi connectivity index (χ3n) is 7.02. The summed E-state index contributed by atoms with van der Waals surface area (Å²) in [5.74, 6) is -1.51. The minimum absolute atomic E-state index is 0. The normalized spacial score (nSPS) is 13.9. The summed E-state index contributed by atoms with van der Waals surface area (Å²) in [6.45, 7) is 0.712. The van der Waals surface area contributed by atoms with Crippen LogP contribution in [0.3, 0.4) is 0 Å². The quantitative estimate of drug-likeness (QED) is 0.0867. The number of pyridine rings is 1. The lowest BCUT2D eigenvalue weighted by Gasteiger charge is -2.22. The van der Waals surface area contributed by atoms with Crippen molar-refractivity contribution in [2.75, 3.05) is 13.7 Å². The summed E-state index contributed by atoms with van der Waals surface area (Å²) in [5.41, 5.74) is 6.54. The van der Waals surface area contributed by atoms with Crippen molar-refractivity contribution in [3.8, 4) is 23.0 Å². The molecule has 0 spiro atoms. The zero-order valence-corrected chi connectivity index (χ0v) is 27.4. The third kappa shape index (κ3) is 9.71. The van der Waals surface area contributed by atoms with Crippen LogP contribution in [0.5, 0.6) is 23.0 Å². The molecule has 10 nitrogen and oxygen atoms in total. The molecule has 2 atom stereocenters. The molecule has 1 aliphatic carbocycles. The fourth-order valence-electron chi connectivity index (χ4n) is 4.19. The molecule has 4 rings (SSSR count). The van der Waals surface area contributed by atoms with Gasteiger partial charge in [0.25, 0.3) is 0 Å². The average molecular weight is 706 g/mol. The van der Waals surface area contributed by atoms with Crippen LogP contribution in [-0.2, 0) is 16.0 Å². The third-order valence-corrected chi connectivity index (χ3v) is 7.68. The van der Waals surface area contributed by atoms with Crippen LogP contribution < -0.4 is 29.4 Å². The molecule has 0 aliphatic heterocycles. The molecule has 1 heterocycles. The maximum atomic E-state index is 13.5. The van der Waals surface area contributed by atoms with Crippen molar-refractivity contribution in [2.45, 2.75) is 51.9 Å². The van der Waals surface area contributed by atoms with Gasteiger partial charge in [-0.2, -0.15) is 13.5 Å². The topological polar surface area (TPSA) is 133 Å².